The van der Waals surface area contributed by atoms with Gasteiger partial charge in [0, 0.05) is 0 Å². The van der Waals surface area contributed by atoms with Crippen molar-refractivity contribution in [1.82, 2.24) is 0 Å². The Kier molecular flexibility index (Phi) is 3.16. The second-order valence-corrected chi connectivity index (χ2v) is 2.55. The molecule has 2 unspecified atom stereocenters. The molecule has 58 valence electrons. The summed E-state index contributed by atoms with van der Waals surface area (Å²) in [5.74, 6) is 0. The van der Waals surface area contributed by atoms with E-state index in [1.165, 1.54) is 0 Å². The van der Waals surface area contributed by atoms with Crippen LogP contribution in [0.5, 0.6) is 0 Å². The fraction of sp³-hybridized carbons (Fsp3) is 0.875. The van der Waals surface area contributed by atoms with E-state index in [2.05, 4.69) is 6.92 Å². The van der Waals surface area contributed by atoms with Crippen molar-refractivity contribution in [2.75, 3.05) is 6.61 Å². The van der Waals surface area contributed by atoms with Crippen molar-refractivity contribution in [1.29, 1.82) is 0 Å². The van der Waals surface area contributed by atoms with Crippen LogP contribution in [0, 0.1) is 6.92 Å². The number of rotatable bonds is 3. The molecular formula is C8H14O2. The maximum Gasteiger partial charge on any atom is 0.158 e. The smallest absolute Gasteiger partial charge is 0.158 e. The van der Waals surface area contributed by atoms with Gasteiger partial charge in [-0.2, -0.15) is 0 Å². The summed E-state index contributed by atoms with van der Waals surface area (Å²) >= 11 is 0. The number of ether oxygens (including phenoxy) is 2. The molecule has 1 aliphatic rings. The molecule has 1 fully saturated rings. The lowest BCUT2D eigenvalue weighted by atomic mass is 10.3. The first-order valence-electron chi connectivity index (χ1n) is 3.84. The third-order valence-electron chi connectivity index (χ3n) is 1.60. The van der Waals surface area contributed by atoms with E-state index in [4.69, 9.17) is 16.4 Å². The van der Waals surface area contributed by atoms with Gasteiger partial charge in [0.25, 0.3) is 0 Å². The van der Waals surface area contributed by atoms with Crippen LogP contribution in [0.25, 0.3) is 0 Å². The van der Waals surface area contributed by atoms with Crippen LogP contribution in [-0.4, -0.2) is 19.0 Å². The van der Waals surface area contributed by atoms with E-state index >= 15 is 0 Å². The molecule has 0 N–H and O–H groups in total. The summed E-state index contributed by atoms with van der Waals surface area (Å²) in [5, 5.41) is 0. The van der Waals surface area contributed by atoms with Crippen LogP contribution >= 0.6 is 0 Å². The zero-order valence-electron chi connectivity index (χ0n) is 6.38. The summed E-state index contributed by atoms with van der Waals surface area (Å²) in [5.41, 5.74) is 0. The van der Waals surface area contributed by atoms with Crippen LogP contribution < -0.4 is 0 Å². The van der Waals surface area contributed by atoms with Gasteiger partial charge in [-0.25, -0.2) is 0 Å². The Morgan fingerprint density at radius 1 is 1.60 bits per heavy atom. The predicted molar refractivity (Wildman–Crippen MR) is 38.4 cm³/mol. The van der Waals surface area contributed by atoms with Gasteiger partial charge in [-0.3, -0.25) is 0 Å². The lowest BCUT2D eigenvalue weighted by Crippen LogP contribution is -2.10. The molecule has 10 heavy (non-hydrogen) atoms. The van der Waals surface area contributed by atoms with Crippen LogP contribution in [0.3, 0.4) is 0 Å². The SMILES string of the molecule is [CH]CC1COC(CCC)O1. The van der Waals surface area contributed by atoms with Gasteiger partial charge >= 0.3 is 0 Å². The predicted octanol–water partition coefficient (Wildman–Crippen LogP) is 1.63. The van der Waals surface area contributed by atoms with Gasteiger partial charge in [-0.05, 0) is 19.8 Å². The van der Waals surface area contributed by atoms with E-state index < -0.39 is 0 Å². The van der Waals surface area contributed by atoms with E-state index in [-0.39, 0.29) is 12.4 Å². The summed E-state index contributed by atoms with van der Waals surface area (Å²) in [6.45, 7) is 8.17. The molecule has 0 saturated carbocycles. The van der Waals surface area contributed by atoms with Gasteiger partial charge in [-0.1, -0.05) is 13.3 Å². The highest BCUT2D eigenvalue weighted by molar-refractivity contribution is 4.65. The van der Waals surface area contributed by atoms with Gasteiger partial charge < -0.3 is 9.47 Å². The van der Waals surface area contributed by atoms with Crippen molar-refractivity contribution in [3.8, 4) is 0 Å². The van der Waals surface area contributed by atoms with Gasteiger partial charge in [0.2, 0.25) is 0 Å². The summed E-state index contributed by atoms with van der Waals surface area (Å²) in [6.07, 6.45) is 2.80. The fourth-order valence-corrected chi connectivity index (χ4v) is 1.02. The first-order valence-corrected chi connectivity index (χ1v) is 3.84. The van der Waals surface area contributed by atoms with Gasteiger partial charge in [0.15, 0.2) is 6.29 Å². The van der Waals surface area contributed by atoms with E-state index in [1.54, 1.807) is 0 Å². The fourth-order valence-electron chi connectivity index (χ4n) is 1.02. The molecule has 0 aromatic heterocycles. The zero-order chi connectivity index (χ0) is 7.40. The molecule has 0 aromatic rings. The number of hydrogen-bond acceptors (Lipinski definition) is 2. The lowest BCUT2D eigenvalue weighted by molar-refractivity contribution is -0.0616. The van der Waals surface area contributed by atoms with Crippen LogP contribution in [0.15, 0.2) is 0 Å². The highest BCUT2D eigenvalue weighted by atomic mass is 16.7. The van der Waals surface area contributed by atoms with Crippen LogP contribution in [0.2, 0.25) is 0 Å². The largest absolute Gasteiger partial charge is 0.350 e. The molecule has 2 atom stereocenters. The van der Waals surface area contributed by atoms with Crippen molar-refractivity contribution in [3.63, 3.8) is 0 Å². The van der Waals surface area contributed by atoms with E-state index in [0.29, 0.717) is 13.0 Å². The first kappa shape index (κ1) is 8.02. The summed E-state index contributed by atoms with van der Waals surface area (Å²) < 4.78 is 10.7. The van der Waals surface area contributed by atoms with Crippen LogP contribution in [0.4, 0.5) is 0 Å². The zero-order valence-corrected chi connectivity index (χ0v) is 6.38. The Morgan fingerprint density at radius 3 is 2.90 bits per heavy atom. The maximum absolute atomic E-state index is 5.40. The summed E-state index contributed by atoms with van der Waals surface area (Å²) in [7, 11) is 0. The van der Waals surface area contributed by atoms with E-state index in [0.717, 1.165) is 12.8 Å². The molecule has 2 heteroatoms. The molecule has 0 spiro atoms. The molecule has 1 heterocycles. The normalized spacial score (nSPS) is 33.0. The van der Waals surface area contributed by atoms with Crippen LogP contribution in [0.1, 0.15) is 26.2 Å². The quantitative estimate of drug-likeness (QED) is 0.596. The topological polar surface area (TPSA) is 18.5 Å². The molecule has 2 nitrogen and oxygen atoms in total. The Bertz CT molecular complexity index is 93.3. The van der Waals surface area contributed by atoms with Crippen molar-refractivity contribution in [2.45, 2.75) is 38.6 Å². The molecule has 1 aliphatic heterocycles. The Labute approximate surface area is 62.5 Å². The molecule has 1 saturated heterocycles. The molecule has 2 radical (unpaired) electrons. The average molecular weight is 142 g/mol. The summed E-state index contributed by atoms with van der Waals surface area (Å²) in [6, 6.07) is 0. The molecule has 1 rings (SSSR count). The minimum Gasteiger partial charge on any atom is -0.350 e. The Morgan fingerprint density at radius 2 is 2.40 bits per heavy atom. The van der Waals surface area contributed by atoms with Crippen molar-refractivity contribution in [2.24, 2.45) is 0 Å². The van der Waals surface area contributed by atoms with Gasteiger partial charge in [0.05, 0.1) is 12.7 Å². The van der Waals surface area contributed by atoms with Gasteiger partial charge in [0.1, 0.15) is 0 Å². The molecule has 0 bridgehead atoms. The lowest BCUT2D eigenvalue weighted by Gasteiger charge is -2.07. The minimum absolute atomic E-state index is 0.0125. The Hall–Kier alpha value is -0.0800. The minimum atomic E-state index is 0.0125. The van der Waals surface area contributed by atoms with Gasteiger partial charge in [-0.15, -0.1) is 0 Å². The van der Waals surface area contributed by atoms with Crippen LogP contribution in [-0.2, 0) is 9.47 Å². The first-order chi connectivity index (χ1) is 4.86. The number of hydrogen-bond donors (Lipinski definition) is 0. The third kappa shape index (κ3) is 1.96. The van der Waals surface area contributed by atoms with Crippen molar-refractivity contribution >= 4 is 0 Å². The third-order valence-corrected chi connectivity index (χ3v) is 1.60. The Balaban J connectivity index is 2.15. The molecular weight excluding hydrogens is 128 g/mol. The van der Waals surface area contributed by atoms with Crippen molar-refractivity contribution < 1.29 is 9.47 Å². The molecule has 0 aliphatic carbocycles. The van der Waals surface area contributed by atoms with E-state index in [9.17, 15) is 0 Å². The van der Waals surface area contributed by atoms with Crippen molar-refractivity contribution in [3.05, 3.63) is 6.92 Å². The summed E-state index contributed by atoms with van der Waals surface area (Å²) in [4.78, 5) is 0. The van der Waals surface area contributed by atoms with E-state index in [1.807, 2.05) is 0 Å². The second kappa shape index (κ2) is 3.94. The monoisotopic (exact) mass is 142 g/mol. The highest BCUT2D eigenvalue weighted by Gasteiger charge is 2.23. The highest BCUT2D eigenvalue weighted by Crippen LogP contribution is 2.17. The molecule has 0 amide bonds. The second-order valence-electron chi connectivity index (χ2n) is 2.55. The standard InChI is InChI=1S/C8H14O2/c1-3-5-8-9-6-7(4-2)10-8/h2,7-8H,3-6H2,1H3. The molecule has 0 aromatic carbocycles. The average Bonchev–Trinajstić information content (AvgIpc) is 2.37. The maximum atomic E-state index is 5.40.